The largest absolute Gasteiger partial charge is 0.495 e. The van der Waals surface area contributed by atoms with Gasteiger partial charge in [0.05, 0.1) is 67.0 Å². The van der Waals surface area contributed by atoms with Crippen LogP contribution in [-0.2, 0) is 4.74 Å². The Morgan fingerprint density at radius 2 is 1.79 bits per heavy atom. The lowest BCUT2D eigenvalue weighted by atomic mass is 10.1. The van der Waals surface area contributed by atoms with E-state index in [0.29, 0.717) is 57.5 Å². The molecule has 0 spiro atoms. The Hall–Kier alpha value is -2.39. The second-order valence-electron chi connectivity index (χ2n) is 6.56. The molecular weight excluding hydrogens is 417 g/mol. The summed E-state index contributed by atoms with van der Waals surface area (Å²) in [7, 11) is 3.05. The van der Waals surface area contributed by atoms with Crippen LogP contribution in [0.2, 0.25) is 10.0 Å². The van der Waals surface area contributed by atoms with E-state index in [-0.39, 0.29) is 12.1 Å². The molecule has 1 aromatic carbocycles. The number of benzene rings is 1. The van der Waals surface area contributed by atoms with Gasteiger partial charge in [-0.1, -0.05) is 23.2 Å². The molecule has 0 amide bonds. The number of methoxy groups -OCH3 is 2. The highest BCUT2D eigenvalue weighted by molar-refractivity contribution is 6.41. The maximum atomic E-state index is 6.49. The van der Waals surface area contributed by atoms with Crippen LogP contribution < -0.4 is 20.5 Å². The molecule has 0 bridgehead atoms. The number of rotatable bonds is 5. The molecule has 10 heteroatoms. The summed E-state index contributed by atoms with van der Waals surface area (Å²) >= 11 is 13.0. The van der Waals surface area contributed by atoms with E-state index in [2.05, 4.69) is 20.3 Å². The second-order valence-corrected chi connectivity index (χ2v) is 7.31. The highest BCUT2D eigenvalue weighted by atomic mass is 35.5. The van der Waals surface area contributed by atoms with Crippen molar-refractivity contribution >= 4 is 40.1 Å². The number of anilines is 1. The molecule has 1 aliphatic rings. The lowest BCUT2D eigenvalue weighted by Gasteiger charge is -2.16. The van der Waals surface area contributed by atoms with Gasteiger partial charge < -0.3 is 25.3 Å². The number of aromatic nitrogens is 3. The number of nitrogens with two attached hydrogens (primary N) is 1. The fourth-order valence-electron chi connectivity index (χ4n) is 3.14. The number of nitrogens with one attached hydrogen (secondary N) is 1. The Kier molecular flexibility index (Phi) is 5.60. The van der Waals surface area contributed by atoms with Crippen molar-refractivity contribution in [3.8, 4) is 22.8 Å². The van der Waals surface area contributed by atoms with Crippen molar-refractivity contribution in [2.24, 2.45) is 5.73 Å². The van der Waals surface area contributed by atoms with Gasteiger partial charge in [-0.3, -0.25) is 4.98 Å². The van der Waals surface area contributed by atoms with Crippen LogP contribution in [0.5, 0.6) is 11.5 Å². The second kappa shape index (κ2) is 8.16. The highest BCUT2D eigenvalue weighted by Crippen LogP contribution is 2.45. The third-order valence-corrected chi connectivity index (χ3v) is 5.49. The molecule has 3 aromatic rings. The summed E-state index contributed by atoms with van der Waals surface area (Å²) in [6.07, 6.45) is 3.34. The molecule has 3 heterocycles. The fourth-order valence-corrected chi connectivity index (χ4v) is 3.83. The van der Waals surface area contributed by atoms with Crippen molar-refractivity contribution in [2.45, 2.75) is 12.1 Å². The van der Waals surface area contributed by atoms with Crippen LogP contribution >= 0.6 is 23.2 Å². The van der Waals surface area contributed by atoms with E-state index < -0.39 is 0 Å². The third-order valence-electron chi connectivity index (χ3n) is 4.74. The van der Waals surface area contributed by atoms with Crippen molar-refractivity contribution in [1.82, 2.24) is 15.0 Å². The van der Waals surface area contributed by atoms with Gasteiger partial charge in [-0.15, -0.1) is 0 Å². The van der Waals surface area contributed by atoms with Crippen molar-refractivity contribution < 1.29 is 14.2 Å². The fraction of sp³-hybridized carbons (Fsp3) is 0.316. The predicted octanol–water partition coefficient (Wildman–Crippen LogP) is 3.15. The number of ether oxygens (including phenoxy) is 3. The molecule has 0 radical (unpaired) electrons. The molecule has 1 fully saturated rings. The first kappa shape index (κ1) is 19.9. The zero-order valence-corrected chi connectivity index (χ0v) is 17.3. The quantitative estimate of drug-likeness (QED) is 0.629. The molecule has 2 unspecified atom stereocenters. The Morgan fingerprint density at radius 3 is 2.41 bits per heavy atom. The number of nitrogens with zero attached hydrogens (tertiary/aromatic N) is 3. The monoisotopic (exact) mass is 435 g/mol. The molecule has 0 saturated carbocycles. The van der Waals surface area contributed by atoms with E-state index in [1.54, 1.807) is 18.5 Å². The third kappa shape index (κ3) is 3.76. The number of fused-ring (bicyclic) bond motifs is 1. The first-order chi connectivity index (χ1) is 14.0. The smallest absolute Gasteiger partial charge is 0.223 e. The molecule has 0 aliphatic carbocycles. The van der Waals surface area contributed by atoms with Crippen LogP contribution in [0.25, 0.3) is 22.2 Å². The molecule has 152 valence electrons. The van der Waals surface area contributed by atoms with E-state index in [4.69, 9.17) is 43.1 Å². The lowest BCUT2D eigenvalue weighted by Crippen LogP contribution is -2.39. The minimum atomic E-state index is -0.0953. The number of pyridine rings is 1. The van der Waals surface area contributed by atoms with Gasteiger partial charge in [-0.25, -0.2) is 9.97 Å². The molecule has 29 heavy (non-hydrogen) atoms. The maximum Gasteiger partial charge on any atom is 0.223 e. The zero-order valence-electron chi connectivity index (χ0n) is 15.8. The van der Waals surface area contributed by atoms with E-state index in [9.17, 15) is 0 Å². The minimum Gasteiger partial charge on any atom is -0.495 e. The summed E-state index contributed by atoms with van der Waals surface area (Å²) in [5.74, 6) is 1.35. The standard InChI is InChI=1S/C19H19Cl2N5O3/c1-27-14-4-15(28-2)18(21)16(17(14)20)11-3-9-5-24-19(25-12(9)6-23-11)26-13-8-29-7-10(13)22/h3-6,10,13H,7-8,22H2,1-2H3,(H,24,25,26). The molecule has 1 saturated heterocycles. The van der Waals surface area contributed by atoms with Gasteiger partial charge in [0.25, 0.3) is 0 Å². The van der Waals surface area contributed by atoms with Crippen LogP contribution in [0.4, 0.5) is 5.95 Å². The van der Waals surface area contributed by atoms with E-state index in [1.165, 1.54) is 14.2 Å². The molecule has 2 aromatic heterocycles. The number of hydrogen-bond acceptors (Lipinski definition) is 8. The Morgan fingerprint density at radius 1 is 1.07 bits per heavy atom. The summed E-state index contributed by atoms with van der Waals surface area (Å²) in [6.45, 7) is 1.04. The predicted molar refractivity (Wildman–Crippen MR) is 112 cm³/mol. The molecule has 8 nitrogen and oxygen atoms in total. The minimum absolute atomic E-state index is 0.0263. The summed E-state index contributed by atoms with van der Waals surface area (Å²) in [4.78, 5) is 13.4. The van der Waals surface area contributed by atoms with E-state index in [0.717, 1.165) is 5.39 Å². The van der Waals surface area contributed by atoms with E-state index >= 15 is 0 Å². The number of halogens is 2. The Balaban J connectivity index is 1.72. The molecule has 2 atom stereocenters. The first-order valence-corrected chi connectivity index (χ1v) is 9.60. The molecule has 1 aliphatic heterocycles. The average Bonchev–Trinajstić information content (AvgIpc) is 3.13. The summed E-state index contributed by atoms with van der Waals surface area (Å²) in [5, 5.41) is 4.67. The van der Waals surface area contributed by atoms with Gasteiger partial charge in [0, 0.05) is 23.2 Å². The Bertz CT molecular complexity index is 1040. The first-order valence-electron chi connectivity index (χ1n) is 8.84. The average molecular weight is 436 g/mol. The van der Waals surface area contributed by atoms with Gasteiger partial charge in [0.1, 0.15) is 11.5 Å². The van der Waals surface area contributed by atoms with Gasteiger partial charge in [0.2, 0.25) is 5.95 Å². The van der Waals surface area contributed by atoms with Crippen LogP contribution in [0.15, 0.2) is 24.5 Å². The Labute approximate surface area is 177 Å². The van der Waals surface area contributed by atoms with Crippen LogP contribution in [0.1, 0.15) is 0 Å². The maximum absolute atomic E-state index is 6.49. The number of hydrogen-bond donors (Lipinski definition) is 2. The van der Waals surface area contributed by atoms with Gasteiger partial charge in [-0.05, 0) is 6.07 Å². The van der Waals surface area contributed by atoms with Crippen molar-refractivity contribution in [3.05, 3.63) is 34.6 Å². The molecular formula is C19H19Cl2N5O3. The lowest BCUT2D eigenvalue weighted by molar-refractivity contribution is 0.192. The van der Waals surface area contributed by atoms with Crippen molar-refractivity contribution in [3.63, 3.8) is 0 Å². The van der Waals surface area contributed by atoms with Gasteiger partial charge in [-0.2, -0.15) is 0 Å². The van der Waals surface area contributed by atoms with Crippen LogP contribution in [-0.4, -0.2) is 54.5 Å². The van der Waals surface area contributed by atoms with Gasteiger partial charge >= 0.3 is 0 Å². The molecule has 3 N–H and O–H groups in total. The van der Waals surface area contributed by atoms with Gasteiger partial charge in [0.15, 0.2) is 0 Å². The van der Waals surface area contributed by atoms with Crippen molar-refractivity contribution in [2.75, 3.05) is 32.8 Å². The SMILES string of the molecule is COc1cc(OC)c(Cl)c(-c2cc3cnc(NC4COCC4N)nc3cn2)c1Cl. The summed E-state index contributed by atoms with van der Waals surface area (Å²) in [5.41, 5.74) is 7.74. The topological polar surface area (TPSA) is 104 Å². The van der Waals surface area contributed by atoms with E-state index in [1.807, 2.05) is 6.07 Å². The summed E-state index contributed by atoms with van der Waals surface area (Å²) < 4.78 is 16.0. The summed E-state index contributed by atoms with van der Waals surface area (Å²) in [6, 6.07) is 3.33. The van der Waals surface area contributed by atoms with Crippen LogP contribution in [0, 0.1) is 0 Å². The van der Waals surface area contributed by atoms with Crippen LogP contribution in [0.3, 0.4) is 0 Å². The normalized spacial score (nSPS) is 18.8. The van der Waals surface area contributed by atoms with Crippen molar-refractivity contribution in [1.29, 1.82) is 0 Å². The highest BCUT2D eigenvalue weighted by Gasteiger charge is 2.25. The molecule has 4 rings (SSSR count). The zero-order chi connectivity index (χ0) is 20.5.